The minimum absolute atomic E-state index is 0.0115. The molecule has 0 radical (unpaired) electrons. The molecule has 0 unspecified atom stereocenters. The first-order chi connectivity index (χ1) is 15.2. The molecule has 1 atom stereocenters. The topological polar surface area (TPSA) is 63.1 Å². The van der Waals surface area contributed by atoms with Gasteiger partial charge in [0, 0.05) is 0 Å². The number of unbranched alkanes of at least 4 members (excludes halogenated alkanes) is 2. The Labute approximate surface area is 189 Å². The van der Waals surface area contributed by atoms with Crippen molar-refractivity contribution in [3.63, 3.8) is 0 Å². The van der Waals surface area contributed by atoms with E-state index in [4.69, 9.17) is 4.74 Å². The lowest BCUT2D eigenvalue weighted by Gasteiger charge is -2.06. The SMILES string of the molecule is CCCCOc1ccc(/C=N\N=C2\NC(=O)[C@H](Cc3ccc(CCCC)cc3)S2)cc1. The maximum atomic E-state index is 12.3. The Morgan fingerprint density at radius 2 is 1.71 bits per heavy atom. The number of nitrogens with zero attached hydrogens (tertiary/aromatic N) is 2. The van der Waals surface area contributed by atoms with Gasteiger partial charge in [0.1, 0.15) is 5.75 Å². The van der Waals surface area contributed by atoms with Crippen LogP contribution in [0.15, 0.2) is 58.7 Å². The van der Waals surface area contributed by atoms with Gasteiger partial charge >= 0.3 is 0 Å². The van der Waals surface area contributed by atoms with Gasteiger partial charge in [0.05, 0.1) is 18.1 Å². The second kappa shape index (κ2) is 12.3. The van der Waals surface area contributed by atoms with Crippen molar-refractivity contribution >= 4 is 29.1 Å². The molecule has 1 fully saturated rings. The summed E-state index contributed by atoms with van der Waals surface area (Å²) < 4.78 is 5.66. The van der Waals surface area contributed by atoms with Gasteiger partial charge < -0.3 is 10.1 Å². The number of amidine groups is 1. The third-order valence-electron chi connectivity index (χ3n) is 5.04. The van der Waals surface area contributed by atoms with Crippen LogP contribution in [0.25, 0.3) is 0 Å². The van der Waals surface area contributed by atoms with Crippen LogP contribution in [-0.2, 0) is 17.6 Å². The fourth-order valence-electron chi connectivity index (χ4n) is 3.16. The molecule has 1 amide bonds. The standard InChI is InChI=1S/C25H31N3O2S/c1-3-5-7-19-8-10-20(11-9-19)17-23-24(29)27-25(31-23)28-26-18-21-12-14-22(15-13-21)30-16-6-4-2/h8-15,18,23H,3-7,16-17H2,1-2H3,(H,27,28,29)/b26-18-/t23-/m0/s1. The molecular formula is C25H31N3O2S. The molecule has 6 heteroatoms. The third-order valence-corrected chi connectivity index (χ3v) is 6.11. The van der Waals surface area contributed by atoms with Gasteiger partial charge in [-0.1, -0.05) is 62.7 Å². The maximum absolute atomic E-state index is 12.3. The third kappa shape index (κ3) is 7.55. The van der Waals surface area contributed by atoms with Crippen LogP contribution >= 0.6 is 11.8 Å². The second-order valence-corrected chi connectivity index (χ2v) is 8.83. The Hall–Kier alpha value is -2.60. The number of ether oxygens (including phenoxy) is 1. The summed E-state index contributed by atoms with van der Waals surface area (Å²) in [6.45, 7) is 5.08. The molecule has 1 aliphatic heterocycles. The van der Waals surface area contributed by atoms with E-state index < -0.39 is 0 Å². The maximum Gasteiger partial charge on any atom is 0.239 e. The zero-order valence-corrected chi connectivity index (χ0v) is 19.2. The highest BCUT2D eigenvalue weighted by Crippen LogP contribution is 2.24. The molecule has 1 heterocycles. The van der Waals surface area contributed by atoms with Crippen molar-refractivity contribution in [2.24, 2.45) is 10.2 Å². The number of rotatable bonds is 11. The van der Waals surface area contributed by atoms with Crippen molar-refractivity contribution < 1.29 is 9.53 Å². The number of benzene rings is 2. The summed E-state index contributed by atoms with van der Waals surface area (Å²) in [5.41, 5.74) is 3.45. The number of thioether (sulfide) groups is 1. The number of carbonyl (C=O) groups excluding carboxylic acids is 1. The van der Waals surface area contributed by atoms with E-state index in [1.807, 2.05) is 24.3 Å². The highest BCUT2D eigenvalue weighted by Gasteiger charge is 2.30. The summed E-state index contributed by atoms with van der Waals surface area (Å²) in [6.07, 6.45) is 8.05. The Balaban J connectivity index is 1.50. The summed E-state index contributed by atoms with van der Waals surface area (Å²) in [5, 5.41) is 11.5. The van der Waals surface area contributed by atoms with Crippen LogP contribution in [0.2, 0.25) is 0 Å². The molecule has 5 nitrogen and oxygen atoms in total. The van der Waals surface area contributed by atoms with E-state index >= 15 is 0 Å². The van der Waals surface area contributed by atoms with E-state index in [0.717, 1.165) is 37.2 Å². The molecule has 31 heavy (non-hydrogen) atoms. The molecular weight excluding hydrogens is 406 g/mol. The summed E-state index contributed by atoms with van der Waals surface area (Å²) in [5.74, 6) is 0.847. The van der Waals surface area contributed by atoms with E-state index in [1.54, 1.807) is 6.21 Å². The normalized spacial score (nSPS) is 17.4. The minimum Gasteiger partial charge on any atom is -0.494 e. The van der Waals surface area contributed by atoms with Gasteiger partial charge in [-0.05, 0) is 66.6 Å². The lowest BCUT2D eigenvalue weighted by Crippen LogP contribution is -2.25. The first-order valence-corrected chi connectivity index (χ1v) is 11.9. The molecule has 2 aromatic carbocycles. The average Bonchev–Trinajstić information content (AvgIpc) is 3.13. The smallest absolute Gasteiger partial charge is 0.239 e. The van der Waals surface area contributed by atoms with Gasteiger partial charge in [-0.15, -0.1) is 5.10 Å². The number of hydrogen-bond donors (Lipinski definition) is 1. The summed E-state index contributed by atoms with van der Waals surface area (Å²) >= 11 is 1.44. The van der Waals surface area contributed by atoms with Crippen LogP contribution in [0.5, 0.6) is 5.75 Å². The van der Waals surface area contributed by atoms with Crippen LogP contribution in [0.4, 0.5) is 0 Å². The van der Waals surface area contributed by atoms with E-state index in [2.05, 4.69) is 53.6 Å². The Morgan fingerprint density at radius 1 is 1.00 bits per heavy atom. The summed E-state index contributed by atoms with van der Waals surface area (Å²) in [7, 11) is 0. The fourth-order valence-corrected chi connectivity index (χ4v) is 4.12. The van der Waals surface area contributed by atoms with Gasteiger partial charge in [-0.25, -0.2) is 0 Å². The molecule has 164 valence electrons. The van der Waals surface area contributed by atoms with E-state index in [-0.39, 0.29) is 11.2 Å². The van der Waals surface area contributed by atoms with E-state index in [0.29, 0.717) is 11.6 Å². The monoisotopic (exact) mass is 437 g/mol. The predicted octanol–water partition coefficient (Wildman–Crippen LogP) is 5.37. The molecule has 0 spiro atoms. The van der Waals surface area contributed by atoms with Crippen molar-refractivity contribution in [2.45, 2.75) is 57.6 Å². The Kier molecular flexibility index (Phi) is 9.16. The van der Waals surface area contributed by atoms with Gasteiger partial charge in [-0.2, -0.15) is 5.10 Å². The van der Waals surface area contributed by atoms with Crippen molar-refractivity contribution in [1.82, 2.24) is 5.32 Å². The van der Waals surface area contributed by atoms with E-state index in [9.17, 15) is 4.79 Å². The molecule has 1 saturated heterocycles. The fraction of sp³-hybridized carbons (Fsp3) is 0.400. The molecule has 0 aliphatic carbocycles. The summed E-state index contributed by atoms with van der Waals surface area (Å²) in [4.78, 5) is 12.3. The first-order valence-electron chi connectivity index (χ1n) is 11.1. The molecule has 0 bridgehead atoms. The van der Waals surface area contributed by atoms with E-state index in [1.165, 1.54) is 35.7 Å². The van der Waals surface area contributed by atoms with Crippen LogP contribution in [0.3, 0.4) is 0 Å². The molecule has 1 aliphatic rings. The number of nitrogens with one attached hydrogen (secondary N) is 1. The number of aryl methyl sites for hydroxylation is 1. The molecule has 3 rings (SSSR count). The van der Waals surface area contributed by atoms with Crippen molar-refractivity contribution in [3.05, 3.63) is 65.2 Å². The highest BCUT2D eigenvalue weighted by atomic mass is 32.2. The average molecular weight is 438 g/mol. The number of carbonyl (C=O) groups is 1. The van der Waals surface area contributed by atoms with Gasteiger partial charge in [-0.3, -0.25) is 4.79 Å². The molecule has 1 N–H and O–H groups in total. The predicted molar refractivity (Wildman–Crippen MR) is 130 cm³/mol. The Morgan fingerprint density at radius 3 is 2.42 bits per heavy atom. The molecule has 2 aromatic rings. The number of hydrogen-bond acceptors (Lipinski definition) is 5. The van der Waals surface area contributed by atoms with Crippen LogP contribution < -0.4 is 10.1 Å². The number of amides is 1. The molecule has 0 aromatic heterocycles. The minimum atomic E-state index is -0.171. The van der Waals surface area contributed by atoms with Crippen molar-refractivity contribution in [1.29, 1.82) is 0 Å². The highest BCUT2D eigenvalue weighted by molar-refractivity contribution is 8.15. The van der Waals surface area contributed by atoms with Gasteiger partial charge in [0.2, 0.25) is 5.91 Å². The first kappa shape index (κ1) is 23.1. The zero-order chi connectivity index (χ0) is 21.9. The van der Waals surface area contributed by atoms with Gasteiger partial charge in [0.25, 0.3) is 0 Å². The molecule has 0 saturated carbocycles. The van der Waals surface area contributed by atoms with Crippen LogP contribution in [0, 0.1) is 0 Å². The zero-order valence-electron chi connectivity index (χ0n) is 18.3. The van der Waals surface area contributed by atoms with Crippen LogP contribution in [-0.4, -0.2) is 29.1 Å². The van der Waals surface area contributed by atoms with Gasteiger partial charge in [0.15, 0.2) is 5.17 Å². The largest absolute Gasteiger partial charge is 0.494 e. The second-order valence-electron chi connectivity index (χ2n) is 7.64. The summed E-state index contributed by atoms with van der Waals surface area (Å²) in [6, 6.07) is 16.3. The lowest BCUT2D eigenvalue weighted by molar-refractivity contribution is -0.118. The lowest BCUT2D eigenvalue weighted by atomic mass is 10.0. The quantitative estimate of drug-likeness (QED) is 0.292. The van der Waals surface area contributed by atoms with Crippen molar-refractivity contribution in [3.8, 4) is 5.75 Å². The Bertz CT molecular complexity index is 892. The van der Waals surface area contributed by atoms with Crippen LogP contribution in [0.1, 0.15) is 56.2 Å². The van der Waals surface area contributed by atoms with Crippen molar-refractivity contribution in [2.75, 3.05) is 6.61 Å².